The van der Waals surface area contributed by atoms with Crippen molar-refractivity contribution in [1.82, 2.24) is 4.90 Å². The molecule has 0 unspecified atom stereocenters. The Morgan fingerprint density at radius 2 is 2.17 bits per heavy atom. The molecule has 0 aliphatic carbocycles. The van der Waals surface area contributed by atoms with Gasteiger partial charge >= 0.3 is 5.97 Å². The molecule has 0 aromatic heterocycles. The first kappa shape index (κ1) is 17.8. The molecule has 23 heavy (non-hydrogen) atoms. The van der Waals surface area contributed by atoms with Crippen molar-refractivity contribution in [3.63, 3.8) is 0 Å². The molecular weight excluding hydrogens is 316 g/mol. The van der Waals surface area contributed by atoms with Gasteiger partial charge in [0.15, 0.2) is 0 Å². The maximum absolute atomic E-state index is 12.0. The highest BCUT2D eigenvalue weighted by atomic mass is 35.5. The van der Waals surface area contributed by atoms with Crippen molar-refractivity contribution in [2.24, 2.45) is 5.92 Å². The Labute approximate surface area is 141 Å². The van der Waals surface area contributed by atoms with E-state index in [4.69, 9.17) is 16.3 Å². The zero-order valence-corrected chi connectivity index (χ0v) is 14.1. The van der Waals surface area contributed by atoms with E-state index < -0.39 is 0 Å². The summed E-state index contributed by atoms with van der Waals surface area (Å²) in [6.45, 7) is 4.44. The van der Waals surface area contributed by atoms with E-state index in [1.165, 1.54) is 0 Å². The summed E-state index contributed by atoms with van der Waals surface area (Å²) in [7, 11) is 0. The summed E-state index contributed by atoms with van der Waals surface area (Å²) in [5.74, 6) is -0.274. The lowest BCUT2D eigenvalue weighted by Crippen LogP contribution is -2.40. The Bertz CT molecular complexity index is 550. The van der Waals surface area contributed by atoms with Crippen LogP contribution in [0, 0.1) is 5.92 Å². The van der Waals surface area contributed by atoms with Gasteiger partial charge in [0.2, 0.25) is 5.91 Å². The minimum Gasteiger partial charge on any atom is -0.466 e. The first-order valence-corrected chi connectivity index (χ1v) is 8.41. The van der Waals surface area contributed by atoms with Gasteiger partial charge in [-0.2, -0.15) is 0 Å². The number of carbonyl (C=O) groups excluding carboxylic acids is 2. The quantitative estimate of drug-likeness (QED) is 0.810. The van der Waals surface area contributed by atoms with Gasteiger partial charge in [-0.15, -0.1) is 0 Å². The van der Waals surface area contributed by atoms with Crippen LogP contribution in [-0.4, -0.2) is 43.0 Å². The van der Waals surface area contributed by atoms with E-state index in [0.29, 0.717) is 36.8 Å². The average molecular weight is 339 g/mol. The van der Waals surface area contributed by atoms with Gasteiger partial charge in [-0.1, -0.05) is 23.7 Å². The van der Waals surface area contributed by atoms with Crippen LogP contribution >= 0.6 is 11.6 Å². The number of halogens is 1. The van der Waals surface area contributed by atoms with Crippen LogP contribution in [0.2, 0.25) is 5.02 Å². The molecule has 0 bridgehead atoms. The van der Waals surface area contributed by atoms with Crippen molar-refractivity contribution in [2.75, 3.05) is 31.6 Å². The molecule has 1 aromatic rings. The lowest BCUT2D eigenvalue weighted by atomic mass is 9.98. The van der Waals surface area contributed by atoms with E-state index in [1.807, 2.05) is 19.1 Å². The number of para-hydroxylation sites is 1. The smallest absolute Gasteiger partial charge is 0.310 e. The third kappa shape index (κ3) is 5.52. The van der Waals surface area contributed by atoms with Crippen LogP contribution < -0.4 is 5.32 Å². The molecule has 6 heteroatoms. The molecule has 1 heterocycles. The number of carbonyl (C=O) groups is 2. The van der Waals surface area contributed by atoms with Crippen molar-refractivity contribution in [3.8, 4) is 0 Å². The van der Waals surface area contributed by atoms with Crippen LogP contribution in [0.3, 0.4) is 0 Å². The van der Waals surface area contributed by atoms with Crippen molar-refractivity contribution in [1.29, 1.82) is 0 Å². The standard InChI is InChI=1S/C17H23ClN2O3/c1-2-23-17(22)13-6-5-10-20(12-13)11-9-16(21)19-15-8-4-3-7-14(15)18/h3-4,7-8,13H,2,5-6,9-12H2,1H3,(H,19,21)/t13-/m0/s1. The third-order valence-electron chi connectivity index (χ3n) is 3.93. The molecule has 0 spiro atoms. The van der Waals surface area contributed by atoms with E-state index in [1.54, 1.807) is 12.1 Å². The summed E-state index contributed by atoms with van der Waals surface area (Å²) in [5, 5.41) is 3.34. The number of ether oxygens (including phenoxy) is 1. The third-order valence-corrected chi connectivity index (χ3v) is 4.26. The highest BCUT2D eigenvalue weighted by molar-refractivity contribution is 6.33. The second-order valence-electron chi connectivity index (χ2n) is 5.67. The molecule has 0 saturated carbocycles. The maximum Gasteiger partial charge on any atom is 0.310 e. The van der Waals surface area contributed by atoms with Gasteiger partial charge < -0.3 is 15.0 Å². The number of anilines is 1. The molecule has 1 saturated heterocycles. The molecule has 126 valence electrons. The molecule has 5 nitrogen and oxygen atoms in total. The largest absolute Gasteiger partial charge is 0.466 e. The molecule has 1 amide bonds. The minimum absolute atomic E-state index is 0.0728. The molecule has 1 atom stereocenters. The molecule has 2 rings (SSSR count). The molecule has 1 fully saturated rings. The Morgan fingerprint density at radius 3 is 2.91 bits per heavy atom. The molecule has 1 aromatic carbocycles. The fourth-order valence-electron chi connectivity index (χ4n) is 2.75. The highest BCUT2D eigenvalue weighted by Gasteiger charge is 2.26. The van der Waals surface area contributed by atoms with Crippen LogP contribution in [-0.2, 0) is 14.3 Å². The summed E-state index contributed by atoms with van der Waals surface area (Å²) in [5.41, 5.74) is 0.627. The zero-order valence-electron chi connectivity index (χ0n) is 13.4. The SMILES string of the molecule is CCOC(=O)[C@H]1CCCN(CCC(=O)Nc2ccccc2Cl)C1. The topological polar surface area (TPSA) is 58.6 Å². The number of benzene rings is 1. The van der Waals surface area contributed by atoms with E-state index in [0.717, 1.165) is 19.4 Å². The van der Waals surface area contributed by atoms with Gasteiger partial charge in [0.05, 0.1) is 23.2 Å². The second-order valence-corrected chi connectivity index (χ2v) is 6.08. The fourth-order valence-corrected chi connectivity index (χ4v) is 2.93. The summed E-state index contributed by atoms with van der Waals surface area (Å²) in [4.78, 5) is 26.0. The number of nitrogens with zero attached hydrogens (tertiary/aromatic N) is 1. The molecule has 1 N–H and O–H groups in total. The van der Waals surface area contributed by atoms with Gasteiger partial charge in [0, 0.05) is 19.5 Å². The van der Waals surface area contributed by atoms with Crippen LogP contribution in [0.5, 0.6) is 0 Å². The number of hydrogen-bond donors (Lipinski definition) is 1. The van der Waals surface area contributed by atoms with Gasteiger partial charge in [0.25, 0.3) is 0 Å². The number of rotatable bonds is 6. The average Bonchev–Trinajstić information content (AvgIpc) is 2.56. The van der Waals surface area contributed by atoms with Gasteiger partial charge in [0.1, 0.15) is 0 Å². The lowest BCUT2D eigenvalue weighted by molar-refractivity contribution is -0.149. The van der Waals surface area contributed by atoms with E-state index in [-0.39, 0.29) is 17.8 Å². The highest BCUT2D eigenvalue weighted by Crippen LogP contribution is 2.21. The minimum atomic E-state index is -0.127. The summed E-state index contributed by atoms with van der Waals surface area (Å²) < 4.78 is 5.09. The lowest BCUT2D eigenvalue weighted by Gasteiger charge is -2.31. The molecule has 1 aliphatic heterocycles. The number of esters is 1. The summed E-state index contributed by atoms with van der Waals surface area (Å²) in [6, 6.07) is 7.17. The first-order chi connectivity index (χ1) is 11.1. The van der Waals surface area contributed by atoms with Crippen LogP contribution in [0.25, 0.3) is 0 Å². The summed E-state index contributed by atoms with van der Waals surface area (Å²) in [6.07, 6.45) is 2.19. The van der Waals surface area contributed by atoms with Gasteiger partial charge in [-0.05, 0) is 38.4 Å². The first-order valence-electron chi connectivity index (χ1n) is 8.03. The van der Waals surface area contributed by atoms with Crippen LogP contribution in [0.15, 0.2) is 24.3 Å². The van der Waals surface area contributed by atoms with E-state index >= 15 is 0 Å². The molecule has 1 aliphatic rings. The number of hydrogen-bond acceptors (Lipinski definition) is 4. The van der Waals surface area contributed by atoms with Gasteiger partial charge in [-0.3, -0.25) is 9.59 Å². The van der Waals surface area contributed by atoms with E-state index in [2.05, 4.69) is 10.2 Å². The maximum atomic E-state index is 12.0. The Kier molecular flexibility index (Phi) is 6.86. The Balaban J connectivity index is 1.77. The Morgan fingerprint density at radius 1 is 1.39 bits per heavy atom. The second kappa shape index (κ2) is 8.89. The number of piperidine rings is 1. The van der Waals surface area contributed by atoms with Crippen molar-refractivity contribution < 1.29 is 14.3 Å². The van der Waals surface area contributed by atoms with Gasteiger partial charge in [-0.25, -0.2) is 0 Å². The van der Waals surface area contributed by atoms with E-state index in [9.17, 15) is 9.59 Å². The summed E-state index contributed by atoms with van der Waals surface area (Å²) >= 11 is 6.02. The molecule has 0 radical (unpaired) electrons. The fraction of sp³-hybridized carbons (Fsp3) is 0.529. The number of nitrogens with one attached hydrogen (secondary N) is 1. The number of likely N-dealkylation sites (tertiary alicyclic amines) is 1. The monoisotopic (exact) mass is 338 g/mol. The van der Waals surface area contributed by atoms with Crippen molar-refractivity contribution in [2.45, 2.75) is 26.2 Å². The van der Waals surface area contributed by atoms with Crippen molar-refractivity contribution >= 4 is 29.2 Å². The predicted octanol–water partition coefficient (Wildman–Crippen LogP) is 2.94. The predicted molar refractivity (Wildman–Crippen MR) is 90.5 cm³/mol. The normalized spacial score (nSPS) is 18.4. The Hall–Kier alpha value is -1.59. The van der Waals surface area contributed by atoms with Crippen molar-refractivity contribution in [3.05, 3.63) is 29.3 Å². The molecular formula is C17H23ClN2O3. The van der Waals surface area contributed by atoms with Crippen LogP contribution in [0.1, 0.15) is 26.2 Å². The number of amides is 1. The zero-order chi connectivity index (χ0) is 16.7. The van der Waals surface area contributed by atoms with Crippen LogP contribution in [0.4, 0.5) is 5.69 Å².